The molecule has 0 radical (unpaired) electrons. The number of carbonyl (C=O) groups is 1. The molecule has 1 rings (SSSR count). The number of likely N-dealkylation sites (N-methyl/N-ethyl adjacent to an activating group) is 1. The van der Waals surface area contributed by atoms with Gasteiger partial charge in [0.25, 0.3) is 0 Å². The van der Waals surface area contributed by atoms with Crippen molar-refractivity contribution in [1.29, 1.82) is 0 Å². The molecule has 4 nitrogen and oxygen atoms in total. The lowest BCUT2D eigenvalue weighted by atomic mass is 10.0. The Balaban J connectivity index is 2.66. The number of benzene rings is 1. The number of hydrogen-bond acceptors (Lipinski definition) is 3. The molecule has 4 heteroatoms. The van der Waals surface area contributed by atoms with Gasteiger partial charge in [-0.2, -0.15) is 0 Å². The van der Waals surface area contributed by atoms with Crippen molar-refractivity contribution >= 4 is 5.91 Å². The Bertz CT molecular complexity index is 377. The third kappa shape index (κ3) is 5.31. The highest BCUT2D eigenvalue weighted by atomic mass is 16.1. The maximum Gasteiger partial charge on any atom is 0.220 e. The zero-order valence-corrected chi connectivity index (χ0v) is 12.6. The molecule has 0 spiro atoms. The van der Waals surface area contributed by atoms with Crippen LogP contribution in [-0.4, -0.2) is 37.0 Å². The summed E-state index contributed by atoms with van der Waals surface area (Å²) >= 11 is 0. The lowest BCUT2D eigenvalue weighted by molar-refractivity contribution is -0.121. The van der Waals surface area contributed by atoms with Gasteiger partial charge in [0.15, 0.2) is 0 Å². The lowest BCUT2D eigenvalue weighted by Gasteiger charge is -2.30. The molecule has 0 bridgehead atoms. The minimum atomic E-state index is 0.0866. The number of rotatable bonds is 9. The molecule has 0 aromatic heterocycles. The smallest absolute Gasteiger partial charge is 0.220 e. The molecular weight excluding hydrogens is 250 g/mol. The molecule has 1 atom stereocenters. The second-order valence-electron chi connectivity index (χ2n) is 4.84. The number of nitrogens with zero attached hydrogens (tertiary/aromatic N) is 1. The summed E-state index contributed by atoms with van der Waals surface area (Å²) in [7, 11) is 0. The van der Waals surface area contributed by atoms with E-state index >= 15 is 0 Å². The van der Waals surface area contributed by atoms with Gasteiger partial charge in [-0.15, -0.1) is 0 Å². The molecule has 0 saturated carbocycles. The fraction of sp³-hybridized carbons (Fsp3) is 0.562. The van der Waals surface area contributed by atoms with Gasteiger partial charge in [-0.1, -0.05) is 44.2 Å². The van der Waals surface area contributed by atoms with Crippen LogP contribution < -0.4 is 11.1 Å². The van der Waals surface area contributed by atoms with Gasteiger partial charge in [0.05, 0.1) is 6.04 Å². The van der Waals surface area contributed by atoms with Crippen molar-refractivity contribution in [3.63, 3.8) is 0 Å². The zero-order valence-electron chi connectivity index (χ0n) is 12.6. The first kappa shape index (κ1) is 16.7. The van der Waals surface area contributed by atoms with Gasteiger partial charge in [0.1, 0.15) is 0 Å². The monoisotopic (exact) mass is 277 g/mol. The predicted octanol–water partition coefficient (Wildman–Crippen LogP) is 1.92. The SMILES string of the molecule is CCN(CC)C(CNC(=O)CCCN)c1ccccc1. The predicted molar refractivity (Wildman–Crippen MR) is 83.4 cm³/mol. The molecule has 20 heavy (non-hydrogen) atoms. The van der Waals surface area contributed by atoms with E-state index in [9.17, 15) is 4.79 Å². The molecule has 0 aliphatic rings. The van der Waals surface area contributed by atoms with E-state index in [1.807, 2.05) is 18.2 Å². The summed E-state index contributed by atoms with van der Waals surface area (Å²) in [6, 6.07) is 10.6. The highest BCUT2D eigenvalue weighted by Crippen LogP contribution is 2.19. The second-order valence-corrected chi connectivity index (χ2v) is 4.84. The first-order valence-corrected chi connectivity index (χ1v) is 7.48. The van der Waals surface area contributed by atoms with Crippen molar-refractivity contribution in [3.05, 3.63) is 35.9 Å². The van der Waals surface area contributed by atoms with E-state index in [1.54, 1.807) is 0 Å². The lowest BCUT2D eigenvalue weighted by Crippen LogP contribution is -2.38. The molecular formula is C16H27N3O. The minimum Gasteiger partial charge on any atom is -0.354 e. The summed E-state index contributed by atoms with van der Waals surface area (Å²) in [6.45, 7) is 7.44. The van der Waals surface area contributed by atoms with Crippen LogP contribution in [0.15, 0.2) is 30.3 Å². The van der Waals surface area contributed by atoms with Crippen molar-refractivity contribution in [1.82, 2.24) is 10.2 Å². The van der Waals surface area contributed by atoms with Crippen molar-refractivity contribution in [2.45, 2.75) is 32.7 Å². The third-order valence-electron chi connectivity index (χ3n) is 3.54. The molecule has 0 aliphatic heterocycles. The summed E-state index contributed by atoms with van der Waals surface area (Å²) < 4.78 is 0. The van der Waals surface area contributed by atoms with Crippen molar-refractivity contribution in [2.75, 3.05) is 26.2 Å². The van der Waals surface area contributed by atoms with E-state index < -0.39 is 0 Å². The topological polar surface area (TPSA) is 58.4 Å². The quantitative estimate of drug-likeness (QED) is 0.725. The van der Waals surface area contributed by atoms with Crippen LogP contribution in [0.25, 0.3) is 0 Å². The molecule has 0 aliphatic carbocycles. The first-order valence-electron chi connectivity index (χ1n) is 7.48. The van der Waals surface area contributed by atoms with E-state index in [1.165, 1.54) is 5.56 Å². The van der Waals surface area contributed by atoms with Crippen molar-refractivity contribution < 1.29 is 4.79 Å². The Morgan fingerprint density at radius 2 is 1.90 bits per heavy atom. The van der Waals surface area contributed by atoms with E-state index in [4.69, 9.17) is 5.73 Å². The Labute approximate surface area is 122 Å². The fourth-order valence-corrected chi connectivity index (χ4v) is 2.36. The van der Waals surface area contributed by atoms with Crippen LogP contribution in [-0.2, 0) is 4.79 Å². The first-order chi connectivity index (χ1) is 9.72. The van der Waals surface area contributed by atoms with Crippen LogP contribution in [0.4, 0.5) is 0 Å². The van der Waals surface area contributed by atoms with Crippen LogP contribution in [0.5, 0.6) is 0 Å². The molecule has 1 unspecified atom stereocenters. The molecule has 1 aromatic rings. The molecule has 0 fully saturated rings. The van der Waals surface area contributed by atoms with Crippen LogP contribution in [0, 0.1) is 0 Å². The van der Waals surface area contributed by atoms with Crippen molar-refractivity contribution in [3.8, 4) is 0 Å². The Hall–Kier alpha value is -1.39. The highest BCUT2D eigenvalue weighted by Gasteiger charge is 2.18. The van der Waals surface area contributed by atoms with Crippen LogP contribution in [0.3, 0.4) is 0 Å². The van der Waals surface area contributed by atoms with E-state index in [2.05, 4.69) is 36.2 Å². The van der Waals surface area contributed by atoms with Gasteiger partial charge in [-0.05, 0) is 31.6 Å². The van der Waals surface area contributed by atoms with Gasteiger partial charge in [0.2, 0.25) is 5.91 Å². The average molecular weight is 277 g/mol. The van der Waals surface area contributed by atoms with E-state index in [0.29, 0.717) is 19.5 Å². The van der Waals surface area contributed by atoms with Gasteiger partial charge in [0, 0.05) is 13.0 Å². The Morgan fingerprint density at radius 3 is 2.45 bits per heavy atom. The normalized spacial score (nSPS) is 12.4. The highest BCUT2D eigenvalue weighted by molar-refractivity contribution is 5.75. The standard InChI is InChI=1S/C16H27N3O/c1-3-19(4-2)15(14-9-6-5-7-10-14)13-18-16(20)11-8-12-17/h5-7,9-10,15H,3-4,8,11-13,17H2,1-2H3,(H,18,20). The molecule has 3 N–H and O–H groups in total. The number of nitrogens with two attached hydrogens (primary N) is 1. The van der Waals surface area contributed by atoms with Gasteiger partial charge < -0.3 is 11.1 Å². The maximum absolute atomic E-state index is 11.8. The van der Waals surface area contributed by atoms with E-state index in [0.717, 1.165) is 19.5 Å². The third-order valence-corrected chi connectivity index (χ3v) is 3.54. The summed E-state index contributed by atoms with van der Waals surface area (Å²) in [5.74, 6) is 0.0866. The molecule has 1 amide bonds. The number of nitrogens with one attached hydrogen (secondary N) is 1. The van der Waals surface area contributed by atoms with Crippen LogP contribution in [0.1, 0.15) is 38.3 Å². The Kier molecular flexibility index (Phi) is 7.92. The average Bonchev–Trinajstić information content (AvgIpc) is 2.50. The number of hydrogen-bond donors (Lipinski definition) is 2. The molecule has 1 aromatic carbocycles. The zero-order chi connectivity index (χ0) is 14.8. The summed E-state index contributed by atoms with van der Waals surface area (Å²) in [4.78, 5) is 14.1. The second kappa shape index (κ2) is 9.50. The summed E-state index contributed by atoms with van der Waals surface area (Å²) in [6.07, 6.45) is 1.25. The van der Waals surface area contributed by atoms with Gasteiger partial charge in [-0.3, -0.25) is 9.69 Å². The maximum atomic E-state index is 11.8. The van der Waals surface area contributed by atoms with Gasteiger partial charge >= 0.3 is 0 Å². The fourth-order valence-electron chi connectivity index (χ4n) is 2.36. The molecule has 112 valence electrons. The number of carbonyl (C=O) groups excluding carboxylic acids is 1. The largest absolute Gasteiger partial charge is 0.354 e. The van der Waals surface area contributed by atoms with Gasteiger partial charge in [-0.25, -0.2) is 0 Å². The summed E-state index contributed by atoms with van der Waals surface area (Å²) in [5, 5.41) is 3.03. The van der Waals surface area contributed by atoms with E-state index in [-0.39, 0.29) is 11.9 Å². The van der Waals surface area contributed by atoms with Crippen molar-refractivity contribution in [2.24, 2.45) is 5.73 Å². The molecule has 0 saturated heterocycles. The summed E-state index contributed by atoms with van der Waals surface area (Å²) in [5.41, 5.74) is 6.67. The number of amides is 1. The minimum absolute atomic E-state index is 0.0866. The Morgan fingerprint density at radius 1 is 1.25 bits per heavy atom. The van der Waals surface area contributed by atoms with Crippen LogP contribution >= 0.6 is 0 Å². The van der Waals surface area contributed by atoms with Crippen LogP contribution in [0.2, 0.25) is 0 Å². The molecule has 0 heterocycles.